The molecule has 0 spiro atoms. The van der Waals surface area contributed by atoms with Gasteiger partial charge in [-0.2, -0.15) is 10.4 Å². The zero-order chi connectivity index (χ0) is 11.5. The van der Waals surface area contributed by atoms with E-state index in [9.17, 15) is 0 Å². The first kappa shape index (κ1) is 10.1. The molecular formula is C11H10N4O. The van der Waals surface area contributed by atoms with Gasteiger partial charge in [-0.25, -0.2) is 4.68 Å². The minimum absolute atomic E-state index is 0.281. The third-order valence-corrected chi connectivity index (χ3v) is 2.16. The van der Waals surface area contributed by atoms with E-state index in [2.05, 4.69) is 5.10 Å². The molecule has 0 radical (unpaired) electrons. The number of nitriles is 1. The maximum absolute atomic E-state index is 8.74. The van der Waals surface area contributed by atoms with Gasteiger partial charge in [0.05, 0.1) is 7.11 Å². The van der Waals surface area contributed by atoms with Crippen molar-refractivity contribution in [2.24, 2.45) is 0 Å². The van der Waals surface area contributed by atoms with Crippen LogP contribution < -0.4 is 10.5 Å². The van der Waals surface area contributed by atoms with Crippen LogP contribution in [-0.4, -0.2) is 16.9 Å². The fraction of sp³-hybridized carbons (Fsp3) is 0.0909. The Morgan fingerprint density at radius 1 is 1.44 bits per heavy atom. The molecule has 2 rings (SSSR count). The second kappa shape index (κ2) is 3.95. The largest absolute Gasteiger partial charge is 0.494 e. The Bertz CT molecular complexity index is 553. The molecule has 80 valence electrons. The monoisotopic (exact) mass is 214 g/mol. The molecule has 0 aliphatic heterocycles. The summed E-state index contributed by atoms with van der Waals surface area (Å²) < 4.78 is 6.68. The average molecular weight is 214 g/mol. The zero-order valence-electron chi connectivity index (χ0n) is 8.71. The van der Waals surface area contributed by atoms with Crippen molar-refractivity contribution in [2.45, 2.75) is 0 Å². The molecule has 5 heteroatoms. The molecule has 1 aromatic heterocycles. The topological polar surface area (TPSA) is 76.9 Å². The summed E-state index contributed by atoms with van der Waals surface area (Å²) in [5, 5.41) is 12.8. The summed E-state index contributed by atoms with van der Waals surface area (Å²) in [5.74, 6) is 1.06. The number of nitrogens with zero attached hydrogens (tertiary/aromatic N) is 3. The number of methoxy groups -OCH3 is 1. The first-order valence-corrected chi connectivity index (χ1v) is 4.65. The van der Waals surface area contributed by atoms with E-state index in [1.54, 1.807) is 7.11 Å². The number of nitrogens with two attached hydrogens (primary N) is 1. The SMILES string of the molecule is COc1ccccc1-n1nc(C#N)cc1N. The molecule has 0 saturated heterocycles. The highest BCUT2D eigenvalue weighted by Gasteiger charge is 2.10. The van der Waals surface area contributed by atoms with Crippen LogP contribution in [0.1, 0.15) is 5.69 Å². The first-order valence-electron chi connectivity index (χ1n) is 4.65. The summed E-state index contributed by atoms with van der Waals surface area (Å²) in [7, 11) is 1.57. The maximum Gasteiger partial charge on any atom is 0.165 e. The van der Waals surface area contributed by atoms with E-state index >= 15 is 0 Å². The van der Waals surface area contributed by atoms with Gasteiger partial charge in [0.1, 0.15) is 23.3 Å². The molecule has 0 fully saturated rings. The number of benzene rings is 1. The summed E-state index contributed by atoms with van der Waals surface area (Å²) in [5.41, 5.74) is 6.76. The van der Waals surface area contributed by atoms with Gasteiger partial charge >= 0.3 is 0 Å². The number of hydrogen-bond donors (Lipinski definition) is 1. The van der Waals surface area contributed by atoms with Crippen molar-refractivity contribution in [3.63, 3.8) is 0 Å². The molecule has 0 saturated carbocycles. The normalized spacial score (nSPS) is 9.75. The van der Waals surface area contributed by atoms with Crippen molar-refractivity contribution in [1.29, 1.82) is 5.26 Å². The molecule has 2 aromatic rings. The molecule has 0 aliphatic carbocycles. The lowest BCUT2D eigenvalue weighted by molar-refractivity contribution is 0.412. The molecule has 1 heterocycles. The van der Waals surface area contributed by atoms with E-state index in [0.717, 1.165) is 0 Å². The van der Waals surface area contributed by atoms with Crippen molar-refractivity contribution < 1.29 is 4.74 Å². The Morgan fingerprint density at radius 2 is 2.19 bits per heavy atom. The molecule has 0 atom stereocenters. The van der Waals surface area contributed by atoms with Gasteiger partial charge in [-0.1, -0.05) is 12.1 Å². The molecule has 0 aliphatic rings. The van der Waals surface area contributed by atoms with Crippen LogP contribution in [0.2, 0.25) is 0 Å². The first-order chi connectivity index (χ1) is 7.76. The molecule has 0 amide bonds. The quantitative estimate of drug-likeness (QED) is 0.818. The Morgan fingerprint density at radius 3 is 2.81 bits per heavy atom. The highest BCUT2D eigenvalue weighted by molar-refractivity contribution is 5.52. The van der Waals surface area contributed by atoms with Crippen LogP contribution in [0.3, 0.4) is 0 Å². The maximum atomic E-state index is 8.74. The number of nitrogen functional groups attached to an aromatic ring is 1. The summed E-state index contributed by atoms with van der Waals surface area (Å²) in [6, 6.07) is 10.8. The molecule has 5 nitrogen and oxygen atoms in total. The van der Waals surface area contributed by atoms with Gasteiger partial charge in [-0.3, -0.25) is 0 Å². The van der Waals surface area contributed by atoms with Crippen molar-refractivity contribution in [3.05, 3.63) is 36.0 Å². The van der Waals surface area contributed by atoms with Crippen molar-refractivity contribution in [3.8, 4) is 17.5 Å². The number of hydrogen-bond acceptors (Lipinski definition) is 4. The predicted octanol–water partition coefficient (Wildman–Crippen LogP) is 1.33. The molecule has 1 aromatic carbocycles. The standard InChI is InChI=1S/C11H10N4O/c1-16-10-5-3-2-4-9(10)15-11(13)6-8(7-12)14-15/h2-6H,13H2,1H3. The van der Waals surface area contributed by atoms with Gasteiger partial charge in [0.25, 0.3) is 0 Å². The minimum atomic E-state index is 0.281. The molecular weight excluding hydrogens is 204 g/mol. The van der Waals surface area contributed by atoms with Crippen LogP contribution in [0.4, 0.5) is 5.82 Å². The fourth-order valence-corrected chi connectivity index (χ4v) is 1.45. The summed E-state index contributed by atoms with van der Waals surface area (Å²) in [6.45, 7) is 0. The fourth-order valence-electron chi connectivity index (χ4n) is 1.45. The van der Waals surface area contributed by atoms with Crippen molar-refractivity contribution in [2.75, 3.05) is 12.8 Å². The second-order valence-corrected chi connectivity index (χ2v) is 3.15. The summed E-state index contributed by atoms with van der Waals surface area (Å²) in [6.07, 6.45) is 0. The van der Waals surface area contributed by atoms with Gasteiger partial charge in [-0.05, 0) is 12.1 Å². The molecule has 0 bridgehead atoms. The van der Waals surface area contributed by atoms with Gasteiger partial charge in [0.2, 0.25) is 0 Å². The third-order valence-electron chi connectivity index (χ3n) is 2.16. The van der Waals surface area contributed by atoms with Crippen LogP contribution in [0.25, 0.3) is 5.69 Å². The van der Waals surface area contributed by atoms with E-state index in [4.69, 9.17) is 15.7 Å². The molecule has 0 unspecified atom stereocenters. The van der Waals surface area contributed by atoms with E-state index in [1.165, 1.54) is 10.7 Å². The van der Waals surface area contributed by atoms with Crippen LogP contribution in [0, 0.1) is 11.3 Å². The lowest BCUT2D eigenvalue weighted by Gasteiger charge is -2.08. The highest BCUT2D eigenvalue weighted by Crippen LogP contribution is 2.24. The number of aromatic nitrogens is 2. The van der Waals surface area contributed by atoms with E-state index in [-0.39, 0.29) is 5.69 Å². The highest BCUT2D eigenvalue weighted by atomic mass is 16.5. The average Bonchev–Trinajstić information content (AvgIpc) is 2.70. The van der Waals surface area contributed by atoms with Gasteiger partial charge in [0, 0.05) is 6.07 Å². The summed E-state index contributed by atoms with van der Waals surface area (Å²) in [4.78, 5) is 0. The van der Waals surface area contributed by atoms with Gasteiger partial charge < -0.3 is 10.5 Å². The zero-order valence-corrected chi connectivity index (χ0v) is 8.71. The number of rotatable bonds is 2. The smallest absolute Gasteiger partial charge is 0.165 e. The van der Waals surface area contributed by atoms with Crippen LogP contribution in [0.15, 0.2) is 30.3 Å². The molecule has 16 heavy (non-hydrogen) atoms. The van der Waals surface area contributed by atoms with E-state index in [1.807, 2.05) is 30.3 Å². The minimum Gasteiger partial charge on any atom is -0.494 e. The Balaban J connectivity index is 2.58. The van der Waals surface area contributed by atoms with Gasteiger partial charge in [-0.15, -0.1) is 0 Å². The Labute approximate surface area is 92.7 Å². The number of anilines is 1. The Hall–Kier alpha value is -2.48. The predicted molar refractivity (Wildman–Crippen MR) is 59.2 cm³/mol. The summed E-state index contributed by atoms with van der Waals surface area (Å²) >= 11 is 0. The van der Waals surface area contributed by atoms with Gasteiger partial charge in [0.15, 0.2) is 5.69 Å². The lowest BCUT2D eigenvalue weighted by Crippen LogP contribution is -2.03. The number of ether oxygens (including phenoxy) is 1. The lowest BCUT2D eigenvalue weighted by atomic mass is 10.3. The number of para-hydroxylation sites is 2. The third kappa shape index (κ3) is 1.57. The van der Waals surface area contributed by atoms with Crippen molar-refractivity contribution in [1.82, 2.24) is 9.78 Å². The molecule has 2 N–H and O–H groups in total. The van der Waals surface area contributed by atoms with E-state index < -0.39 is 0 Å². The van der Waals surface area contributed by atoms with Crippen LogP contribution in [0.5, 0.6) is 5.75 Å². The van der Waals surface area contributed by atoms with E-state index in [0.29, 0.717) is 17.3 Å². The second-order valence-electron chi connectivity index (χ2n) is 3.15. The van der Waals surface area contributed by atoms with Crippen LogP contribution in [-0.2, 0) is 0 Å². The van der Waals surface area contributed by atoms with Crippen LogP contribution >= 0.6 is 0 Å². The Kier molecular flexibility index (Phi) is 2.48. The van der Waals surface area contributed by atoms with Crippen molar-refractivity contribution >= 4 is 5.82 Å².